The zero-order valence-corrected chi connectivity index (χ0v) is 10.5. The number of urea groups is 1. The summed E-state index contributed by atoms with van der Waals surface area (Å²) in [5.41, 5.74) is 3.29. The molecule has 0 saturated heterocycles. The van der Waals surface area contributed by atoms with Gasteiger partial charge in [0.1, 0.15) is 0 Å². The number of amidine groups is 1. The number of nitrogens with two attached hydrogens (primary N) is 1. The van der Waals surface area contributed by atoms with Gasteiger partial charge in [-0.25, -0.2) is 4.79 Å². The second-order valence-electron chi connectivity index (χ2n) is 2.45. The molecular formula is C5H10N4O4Zn. The van der Waals surface area contributed by atoms with Crippen LogP contribution in [0.15, 0.2) is 4.99 Å². The van der Waals surface area contributed by atoms with Crippen LogP contribution in [0, 0.1) is 0 Å². The van der Waals surface area contributed by atoms with Crippen molar-refractivity contribution in [2.45, 2.75) is 12.6 Å². The molecule has 0 aliphatic carbocycles. The van der Waals surface area contributed by atoms with Crippen molar-refractivity contribution in [2.75, 3.05) is 0 Å². The van der Waals surface area contributed by atoms with Crippen LogP contribution in [0.4, 0.5) is 4.79 Å². The first-order chi connectivity index (χ1) is 5.44. The summed E-state index contributed by atoms with van der Waals surface area (Å²) in [4.78, 5) is 24.8. The van der Waals surface area contributed by atoms with Crippen molar-refractivity contribution in [3.63, 3.8) is 0 Å². The molecule has 0 bridgehead atoms. The standard InChI is InChI=1S/C5H8N4O3.H2O.Zn/c1-5(8-3(6)11)2(10)7-4(12)9-5;;/h1H3,(H3,6,8,11)(H2,7,9,10,12);1H2;. The van der Waals surface area contributed by atoms with Gasteiger partial charge in [0.05, 0.1) is 0 Å². The van der Waals surface area contributed by atoms with Crippen LogP contribution in [0.25, 0.3) is 0 Å². The van der Waals surface area contributed by atoms with Gasteiger partial charge in [0.25, 0.3) is 11.9 Å². The summed E-state index contributed by atoms with van der Waals surface area (Å²) in [6, 6.07) is -1.41. The molecule has 1 atom stereocenters. The van der Waals surface area contributed by atoms with E-state index in [1.807, 2.05) is 5.32 Å². The molecule has 0 aromatic rings. The predicted octanol–water partition coefficient (Wildman–Crippen LogP) is -2.41. The Kier molecular flexibility index (Phi) is 5.31. The molecule has 1 unspecified atom stereocenters. The Morgan fingerprint density at radius 3 is 2.50 bits per heavy atom. The van der Waals surface area contributed by atoms with Gasteiger partial charge in [0.2, 0.25) is 5.66 Å². The molecule has 0 aromatic carbocycles. The molecule has 1 rings (SSSR count). The topological polar surface area (TPSA) is 148 Å². The molecule has 76 valence electrons. The van der Waals surface area contributed by atoms with Crippen LogP contribution in [-0.4, -0.2) is 34.2 Å². The number of aliphatic hydroxyl groups is 1. The number of carbonyl (C=O) groups is 2. The number of primary amides is 1. The molecule has 0 spiro atoms. The van der Waals surface area contributed by atoms with E-state index in [1.54, 1.807) is 0 Å². The molecule has 7 N–H and O–H groups in total. The first-order valence-electron chi connectivity index (χ1n) is 3.12. The van der Waals surface area contributed by atoms with E-state index in [-0.39, 0.29) is 25.0 Å². The number of nitrogens with zero attached hydrogens (tertiary/aromatic N) is 1. The number of nitrogens with one attached hydrogen (secondary N) is 2. The molecule has 0 saturated carbocycles. The molecule has 3 amide bonds. The average Bonchev–Trinajstić information content (AvgIpc) is 2.04. The van der Waals surface area contributed by atoms with E-state index in [4.69, 9.17) is 10.8 Å². The number of aliphatic hydroxyl groups excluding tert-OH is 1. The minimum absolute atomic E-state index is 0. The van der Waals surface area contributed by atoms with Crippen LogP contribution in [0.2, 0.25) is 0 Å². The summed E-state index contributed by atoms with van der Waals surface area (Å²) < 4.78 is 0. The summed E-state index contributed by atoms with van der Waals surface area (Å²) in [6.07, 6.45) is 0. The van der Waals surface area contributed by atoms with Crippen molar-refractivity contribution in [1.82, 2.24) is 10.6 Å². The van der Waals surface area contributed by atoms with Gasteiger partial charge in [-0.05, 0) is 6.92 Å². The Morgan fingerprint density at radius 2 is 2.21 bits per heavy atom. The number of aliphatic imine (C=N–C) groups is 1. The van der Waals surface area contributed by atoms with E-state index in [1.165, 1.54) is 6.92 Å². The molecule has 9 heteroatoms. The third-order valence-electron chi connectivity index (χ3n) is 1.36. The van der Waals surface area contributed by atoms with Gasteiger partial charge in [-0.15, -0.1) is 0 Å². The van der Waals surface area contributed by atoms with Crippen LogP contribution >= 0.6 is 0 Å². The largest absolute Gasteiger partial charge is 0.480 e. The fourth-order valence-electron chi connectivity index (χ4n) is 0.838. The van der Waals surface area contributed by atoms with Crippen molar-refractivity contribution in [2.24, 2.45) is 10.7 Å². The predicted molar refractivity (Wildman–Crippen MR) is 42.9 cm³/mol. The molecule has 0 radical (unpaired) electrons. The first-order valence-corrected chi connectivity index (χ1v) is 3.12. The van der Waals surface area contributed by atoms with Gasteiger partial charge < -0.3 is 21.6 Å². The van der Waals surface area contributed by atoms with Gasteiger partial charge in [0, 0.05) is 19.5 Å². The normalized spacial score (nSPS) is 23.8. The molecule has 1 heterocycles. The van der Waals surface area contributed by atoms with Crippen LogP contribution in [-0.2, 0) is 24.3 Å². The van der Waals surface area contributed by atoms with Gasteiger partial charge in [-0.2, -0.15) is 4.99 Å². The second-order valence-corrected chi connectivity index (χ2v) is 2.45. The summed E-state index contributed by atoms with van der Waals surface area (Å²) >= 11 is 0. The van der Waals surface area contributed by atoms with Gasteiger partial charge in [0.15, 0.2) is 0 Å². The zero-order valence-electron chi connectivity index (χ0n) is 7.50. The zero-order chi connectivity index (χ0) is 9.35. The van der Waals surface area contributed by atoms with Crippen LogP contribution in [0.1, 0.15) is 6.92 Å². The van der Waals surface area contributed by atoms with Gasteiger partial charge >= 0.3 is 6.03 Å². The van der Waals surface area contributed by atoms with E-state index in [2.05, 4.69) is 10.3 Å². The van der Waals surface area contributed by atoms with Gasteiger partial charge in [-0.3, -0.25) is 10.1 Å². The van der Waals surface area contributed by atoms with E-state index >= 15 is 0 Å². The van der Waals surface area contributed by atoms with E-state index in [9.17, 15) is 9.59 Å². The van der Waals surface area contributed by atoms with Crippen molar-refractivity contribution in [3.8, 4) is 0 Å². The maximum atomic E-state index is 11.0. The SMILES string of the molecule is CC1(NC(N)=O)N=C(O)NC1=O.O.[Zn]. The van der Waals surface area contributed by atoms with Gasteiger partial charge in [-0.1, -0.05) is 0 Å². The molecule has 1 aliphatic heterocycles. The summed E-state index contributed by atoms with van der Waals surface area (Å²) in [5.74, 6) is -0.626. The molecule has 8 nitrogen and oxygen atoms in total. The third-order valence-corrected chi connectivity index (χ3v) is 1.36. The van der Waals surface area contributed by atoms with Crippen LogP contribution in [0.3, 0.4) is 0 Å². The average molecular weight is 256 g/mol. The van der Waals surface area contributed by atoms with E-state index in [0.29, 0.717) is 0 Å². The van der Waals surface area contributed by atoms with Crippen LogP contribution in [0.5, 0.6) is 0 Å². The van der Waals surface area contributed by atoms with Crippen molar-refractivity contribution in [1.29, 1.82) is 0 Å². The number of carbonyl (C=O) groups excluding carboxylic acids is 2. The monoisotopic (exact) mass is 254 g/mol. The fraction of sp³-hybridized carbons (Fsp3) is 0.400. The van der Waals surface area contributed by atoms with Crippen molar-refractivity contribution >= 4 is 18.0 Å². The quantitative estimate of drug-likeness (QED) is 0.387. The van der Waals surface area contributed by atoms with Crippen LogP contribution < -0.4 is 16.4 Å². The molecule has 0 aromatic heterocycles. The molecule has 14 heavy (non-hydrogen) atoms. The smallest absolute Gasteiger partial charge is 0.314 e. The number of hydrogen-bond acceptors (Lipinski definition) is 3. The number of hydrogen-bond donors (Lipinski definition) is 4. The minimum Gasteiger partial charge on any atom is -0.480 e. The minimum atomic E-state index is -1.49. The van der Waals surface area contributed by atoms with Crippen molar-refractivity contribution in [3.05, 3.63) is 0 Å². The Balaban J connectivity index is 0. The summed E-state index contributed by atoms with van der Waals surface area (Å²) in [6.45, 7) is 1.32. The number of amides is 3. The Bertz CT molecular complexity index is 281. The Morgan fingerprint density at radius 1 is 1.71 bits per heavy atom. The third kappa shape index (κ3) is 2.93. The van der Waals surface area contributed by atoms with Crippen molar-refractivity contribution < 1.29 is 39.6 Å². The Hall–Kier alpha value is -1.21. The van der Waals surface area contributed by atoms with E-state index in [0.717, 1.165) is 0 Å². The fourth-order valence-corrected chi connectivity index (χ4v) is 0.838. The molecule has 1 aliphatic rings. The maximum absolute atomic E-state index is 11.0. The Labute approximate surface area is 92.0 Å². The summed E-state index contributed by atoms with van der Waals surface area (Å²) in [7, 11) is 0. The summed E-state index contributed by atoms with van der Waals surface area (Å²) in [5, 5.41) is 12.9. The molecular weight excluding hydrogens is 245 g/mol. The first kappa shape index (κ1) is 15.3. The second kappa shape index (κ2) is 4.87. The maximum Gasteiger partial charge on any atom is 0.314 e. The van der Waals surface area contributed by atoms with E-state index < -0.39 is 23.6 Å². The number of rotatable bonds is 1. The molecule has 0 fully saturated rings.